The molecule has 0 aromatic carbocycles. The van der Waals surface area contributed by atoms with Crippen LogP contribution in [0.1, 0.15) is 13.8 Å². The molecule has 0 spiro atoms. The largest absolute Gasteiger partial charge is 0.263 e. The molecule has 0 heterocycles. The summed E-state index contributed by atoms with van der Waals surface area (Å²) in [6.07, 6.45) is 1.56. The molecule has 0 rings (SSSR count). The van der Waals surface area contributed by atoms with Gasteiger partial charge in [-0.3, -0.25) is 9.98 Å². The standard InChI is InChI=1S/C6H10N2S/c1-5(2)8-4-6(9)7-3/h4,9H,3H2,1-2H3/b6-4+. The van der Waals surface area contributed by atoms with E-state index >= 15 is 0 Å². The third kappa shape index (κ3) is 5.30. The highest BCUT2D eigenvalue weighted by Crippen LogP contribution is 1.99. The van der Waals surface area contributed by atoms with E-state index in [0.717, 1.165) is 5.71 Å². The van der Waals surface area contributed by atoms with Crippen molar-refractivity contribution in [3.05, 3.63) is 11.2 Å². The molecule has 0 radical (unpaired) electrons. The second kappa shape index (κ2) is 4.32. The monoisotopic (exact) mass is 142 g/mol. The van der Waals surface area contributed by atoms with E-state index in [2.05, 4.69) is 29.3 Å². The molecule has 9 heavy (non-hydrogen) atoms. The molecule has 0 unspecified atom stereocenters. The Morgan fingerprint density at radius 3 is 2.44 bits per heavy atom. The molecule has 0 aromatic heterocycles. The van der Waals surface area contributed by atoms with Crippen LogP contribution in [0, 0.1) is 0 Å². The average Bonchev–Trinajstić information content (AvgIpc) is 1.83. The predicted octanol–water partition coefficient (Wildman–Crippen LogP) is 1.90. The van der Waals surface area contributed by atoms with Gasteiger partial charge in [0.05, 0.1) is 6.20 Å². The van der Waals surface area contributed by atoms with E-state index in [1.165, 1.54) is 0 Å². The van der Waals surface area contributed by atoms with Crippen LogP contribution in [-0.4, -0.2) is 12.4 Å². The minimum absolute atomic E-state index is 0.538. The van der Waals surface area contributed by atoms with Crippen molar-refractivity contribution in [3.63, 3.8) is 0 Å². The third-order valence-electron chi connectivity index (χ3n) is 0.600. The highest BCUT2D eigenvalue weighted by molar-refractivity contribution is 7.84. The maximum Gasteiger partial charge on any atom is 0.110 e. The van der Waals surface area contributed by atoms with Gasteiger partial charge in [0.1, 0.15) is 5.03 Å². The Balaban J connectivity index is 3.98. The van der Waals surface area contributed by atoms with Crippen molar-refractivity contribution in [3.8, 4) is 0 Å². The molecule has 0 atom stereocenters. The Kier molecular flexibility index (Phi) is 4.05. The van der Waals surface area contributed by atoms with Crippen molar-refractivity contribution in [1.82, 2.24) is 0 Å². The van der Waals surface area contributed by atoms with E-state index in [-0.39, 0.29) is 0 Å². The van der Waals surface area contributed by atoms with Gasteiger partial charge in [-0.1, -0.05) is 0 Å². The van der Waals surface area contributed by atoms with E-state index in [1.54, 1.807) is 6.20 Å². The van der Waals surface area contributed by atoms with E-state index in [9.17, 15) is 0 Å². The van der Waals surface area contributed by atoms with E-state index < -0.39 is 0 Å². The third-order valence-corrected chi connectivity index (χ3v) is 0.857. The highest BCUT2D eigenvalue weighted by Gasteiger charge is 1.77. The molecule has 50 valence electrons. The molecular weight excluding hydrogens is 132 g/mol. The Bertz CT molecular complexity index is 154. The molecule has 0 N–H and O–H groups in total. The smallest absolute Gasteiger partial charge is 0.110 e. The van der Waals surface area contributed by atoms with Gasteiger partial charge in [0.2, 0.25) is 0 Å². The lowest BCUT2D eigenvalue weighted by atomic mass is 10.5. The first kappa shape index (κ1) is 8.43. The quantitative estimate of drug-likeness (QED) is 0.450. The van der Waals surface area contributed by atoms with E-state index in [1.807, 2.05) is 13.8 Å². The van der Waals surface area contributed by atoms with Crippen LogP contribution in [0.5, 0.6) is 0 Å². The van der Waals surface area contributed by atoms with E-state index in [4.69, 9.17) is 0 Å². The van der Waals surface area contributed by atoms with Gasteiger partial charge in [-0.25, -0.2) is 0 Å². The average molecular weight is 142 g/mol. The molecule has 0 aliphatic rings. The number of hydrogen-bond acceptors (Lipinski definition) is 3. The SMILES string of the molecule is C=N/C(S)=C\N=C(C)C. The lowest BCUT2D eigenvalue weighted by Gasteiger charge is -1.84. The Morgan fingerprint density at radius 1 is 1.56 bits per heavy atom. The first-order chi connectivity index (χ1) is 4.16. The van der Waals surface area contributed by atoms with Crippen LogP contribution in [0.4, 0.5) is 0 Å². The molecule has 0 amide bonds. The summed E-state index contributed by atoms with van der Waals surface area (Å²) in [7, 11) is 0. The Labute approximate surface area is 60.8 Å². The lowest BCUT2D eigenvalue weighted by Crippen LogP contribution is -1.75. The number of nitrogens with zero attached hydrogens (tertiary/aromatic N) is 2. The fourth-order valence-corrected chi connectivity index (χ4v) is 0.285. The molecule has 0 aliphatic carbocycles. The fraction of sp³-hybridized carbons (Fsp3) is 0.333. The lowest BCUT2D eigenvalue weighted by molar-refractivity contribution is 1.43. The van der Waals surface area contributed by atoms with Crippen molar-refractivity contribution in [2.75, 3.05) is 0 Å². The maximum atomic E-state index is 3.94. The molecule has 0 bridgehead atoms. The Morgan fingerprint density at radius 2 is 2.11 bits per heavy atom. The zero-order valence-corrected chi connectivity index (χ0v) is 6.52. The van der Waals surface area contributed by atoms with Crippen LogP contribution >= 0.6 is 12.6 Å². The van der Waals surface area contributed by atoms with Gasteiger partial charge < -0.3 is 0 Å². The second-order valence-corrected chi connectivity index (χ2v) is 2.18. The van der Waals surface area contributed by atoms with Gasteiger partial charge in [-0.15, -0.1) is 12.6 Å². The van der Waals surface area contributed by atoms with Gasteiger partial charge in [0.15, 0.2) is 0 Å². The topological polar surface area (TPSA) is 24.7 Å². The molecule has 0 saturated heterocycles. The van der Waals surface area contributed by atoms with Gasteiger partial charge in [-0.2, -0.15) is 0 Å². The summed E-state index contributed by atoms with van der Waals surface area (Å²) in [6.45, 7) is 7.08. The van der Waals surface area contributed by atoms with Crippen LogP contribution in [0.2, 0.25) is 0 Å². The molecule has 0 aromatic rings. The van der Waals surface area contributed by atoms with Crippen LogP contribution in [0.25, 0.3) is 0 Å². The fourth-order valence-electron chi connectivity index (χ4n) is 0.228. The van der Waals surface area contributed by atoms with Crippen LogP contribution < -0.4 is 0 Å². The minimum Gasteiger partial charge on any atom is -0.263 e. The molecule has 2 nitrogen and oxygen atoms in total. The van der Waals surface area contributed by atoms with Crippen molar-refractivity contribution in [1.29, 1.82) is 0 Å². The summed E-state index contributed by atoms with van der Waals surface area (Å²) in [5.74, 6) is 0. The summed E-state index contributed by atoms with van der Waals surface area (Å²) in [6, 6.07) is 0. The number of thiol groups is 1. The summed E-state index contributed by atoms with van der Waals surface area (Å²) < 4.78 is 0. The maximum absolute atomic E-state index is 3.94. The summed E-state index contributed by atoms with van der Waals surface area (Å²) in [5.41, 5.74) is 0.977. The van der Waals surface area contributed by atoms with Crippen molar-refractivity contribution in [2.24, 2.45) is 9.98 Å². The molecule has 0 saturated carbocycles. The number of aliphatic imine (C=N–C) groups is 2. The first-order valence-corrected chi connectivity index (χ1v) is 2.98. The van der Waals surface area contributed by atoms with Gasteiger partial charge in [0.25, 0.3) is 0 Å². The zero-order chi connectivity index (χ0) is 7.28. The van der Waals surface area contributed by atoms with Crippen LogP contribution in [0.3, 0.4) is 0 Å². The van der Waals surface area contributed by atoms with Crippen LogP contribution in [0.15, 0.2) is 21.2 Å². The van der Waals surface area contributed by atoms with Gasteiger partial charge >= 0.3 is 0 Å². The van der Waals surface area contributed by atoms with Gasteiger partial charge in [-0.05, 0) is 20.6 Å². The second-order valence-electron chi connectivity index (χ2n) is 1.72. The molecule has 0 aliphatic heterocycles. The van der Waals surface area contributed by atoms with Crippen molar-refractivity contribution < 1.29 is 0 Å². The Hall–Kier alpha value is -0.570. The molecule has 0 fully saturated rings. The number of hydrogen-bond donors (Lipinski definition) is 1. The van der Waals surface area contributed by atoms with Crippen molar-refractivity contribution >= 4 is 25.1 Å². The highest BCUT2D eigenvalue weighted by atomic mass is 32.1. The first-order valence-electron chi connectivity index (χ1n) is 2.53. The predicted molar refractivity (Wildman–Crippen MR) is 45.4 cm³/mol. The number of rotatable bonds is 2. The normalized spacial score (nSPS) is 10.8. The van der Waals surface area contributed by atoms with Crippen molar-refractivity contribution in [2.45, 2.75) is 13.8 Å². The zero-order valence-electron chi connectivity index (χ0n) is 5.63. The summed E-state index contributed by atoms with van der Waals surface area (Å²) >= 11 is 3.93. The van der Waals surface area contributed by atoms with Crippen LogP contribution in [-0.2, 0) is 0 Å². The summed E-state index contributed by atoms with van der Waals surface area (Å²) in [5, 5.41) is 0.538. The summed E-state index contributed by atoms with van der Waals surface area (Å²) in [4.78, 5) is 7.47. The molecular formula is C6H10N2S. The van der Waals surface area contributed by atoms with Gasteiger partial charge in [0, 0.05) is 5.71 Å². The minimum atomic E-state index is 0.538. The van der Waals surface area contributed by atoms with E-state index in [0.29, 0.717) is 5.03 Å². The molecule has 3 heteroatoms.